The third-order valence-electron chi connectivity index (χ3n) is 7.12. The second kappa shape index (κ2) is 7.19. The molecule has 26 heavy (non-hydrogen) atoms. The maximum absolute atomic E-state index is 12.5. The monoisotopic (exact) mass is 353 g/mol. The lowest BCUT2D eigenvalue weighted by atomic mass is 9.55. The Morgan fingerprint density at radius 1 is 1.31 bits per heavy atom. The van der Waals surface area contributed by atoms with Crippen LogP contribution < -0.4 is 5.32 Å². The third kappa shape index (κ3) is 3.34. The van der Waals surface area contributed by atoms with E-state index in [1.165, 1.54) is 24.0 Å². The van der Waals surface area contributed by atoms with Gasteiger partial charge in [-0.2, -0.15) is 0 Å². The summed E-state index contributed by atoms with van der Waals surface area (Å²) in [5.74, 6) is 0.952. The maximum atomic E-state index is 12.5. The van der Waals surface area contributed by atoms with Crippen LogP contribution in [0.25, 0.3) is 0 Å². The molecule has 0 bridgehead atoms. The Labute approximate surface area is 157 Å². The summed E-state index contributed by atoms with van der Waals surface area (Å²) in [6, 6.07) is 10.5. The lowest BCUT2D eigenvalue weighted by Gasteiger charge is -2.50. The number of benzene rings is 1. The molecule has 3 nitrogen and oxygen atoms in total. The Balaban J connectivity index is 1.36. The second-order valence-electron chi connectivity index (χ2n) is 8.84. The molecule has 3 aliphatic rings. The van der Waals surface area contributed by atoms with Gasteiger partial charge in [-0.05, 0) is 62.0 Å². The van der Waals surface area contributed by atoms with Crippen LogP contribution in [0.1, 0.15) is 44.6 Å². The molecule has 1 N–H and O–H groups in total. The molecule has 5 atom stereocenters. The van der Waals surface area contributed by atoms with E-state index in [4.69, 9.17) is 4.74 Å². The molecule has 3 fully saturated rings. The SMILES string of the molecule is C=C1CCC[C@]2(C)C[C@H]3OC(=O)[C@@H](CNCCc4ccccc4)[C@H]3C[C@H]12. The van der Waals surface area contributed by atoms with Crippen molar-refractivity contribution in [3.63, 3.8) is 0 Å². The summed E-state index contributed by atoms with van der Waals surface area (Å²) in [5, 5.41) is 3.51. The first kappa shape index (κ1) is 17.8. The van der Waals surface area contributed by atoms with Gasteiger partial charge in [-0.15, -0.1) is 0 Å². The van der Waals surface area contributed by atoms with E-state index >= 15 is 0 Å². The number of fused-ring (bicyclic) bond motifs is 2. The van der Waals surface area contributed by atoms with Crippen LogP contribution in [0.5, 0.6) is 0 Å². The highest BCUT2D eigenvalue weighted by Gasteiger charge is 2.54. The summed E-state index contributed by atoms with van der Waals surface area (Å²) in [5.41, 5.74) is 3.03. The molecule has 4 rings (SSSR count). The van der Waals surface area contributed by atoms with Gasteiger partial charge in [0.25, 0.3) is 0 Å². The average Bonchev–Trinajstić information content (AvgIpc) is 2.92. The van der Waals surface area contributed by atoms with E-state index in [1.807, 2.05) is 6.07 Å². The van der Waals surface area contributed by atoms with E-state index in [0.29, 0.717) is 11.8 Å². The molecule has 1 aromatic rings. The second-order valence-corrected chi connectivity index (χ2v) is 8.84. The van der Waals surface area contributed by atoms with Crippen molar-refractivity contribution in [3.05, 3.63) is 48.0 Å². The summed E-state index contributed by atoms with van der Waals surface area (Å²) >= 11 is 0. The molecule has 0 radical (unpaired) electrons. The summed E-state index contributed by atoms with van der Waals surface area (Å²) in [6.45, 7) is 8.40. The van der Waals surface area contributed by atoms with E-state index in [0.717, 1.165) is 38.8 Å². The minimum Gasteiger partial charge on any atom is -0.462 e. The van der Waals surface area contributed by atoms with Crippen molar-refractivity contribution in [1.29, 1.82) is 0 Å². The van der Waals surface area contributed by atoms with Gasteiger partial charge in [0.1, 0.15) is 6.10 Å². The highest BCUT2D eigenvalue weighted by Crippen LogP contribution is 2.56. The van der Waals surface area contributed by atoms with E-state index in [9.17, 15) is 4.79 Å². The lowest BCUT2D eigenvalue weighted by molar-refractivity contribution is -0.146. The number of allylic oxidation sites excluding steroid dienone is 1. The third-order valence-corrected chi connectivity index (χ3v) is 7.12. The molecule has 0 aromatic heterocycles. The number of esters is 1. The van der Waals surface area contributed by atoms with E-state index in [1.54, 1.807) is 0 Å². The lowest BCUT2D eigenvalue weighted by Crippen LogP contribution is -2.45. The number of ether oxygens (including phenoxy) is 1. The van der Waals surface area contributed by atoms with Gasteiger partial charge in [-0.25, -0.2) is 0 Å². The molecule has 1 aliphatic heterocycles. The van der Waals surface area contributed by atoms with Crippen LogP contribution in [0, 0.1) is 23.2 Å². The van der Waals surface area contributed by atoms with Crippen LogP contribution in [0.3, 0.4) is 0 Å². The fourth-order valence-corrected chi connectivity index (χ4v) is 5.62. The standard InChI is InChI=1S/C23H31NO2/c1-16-7-6-11-23(2)14-21-18(13-20(16)23)19(22(25)26-21)15-24-12-10-17-8-4-3-5-9-17/h3-5,8-9,18-21,24H,1,6-7,10-15H2,2H3/t18-,19+,20-,21-,23-/m1/s1. The summed E-state index contributed by atoms with van der Waals surface area (Å²) in [6.07, 6.45) is 6.86. The molecular formula is C23H31NO2. The molecule has 1 heterocycles. The minimum absolute atomic E-state index is 0.00931. The largest absolute Gasteiger partial charge is 0.462 e. The number of nitrogens with one attached hydrogen (secondary N) is 1. The van der Waals surface area contributed by atoms with Crippen molar-refractivity contribution in [2.24, 2.45) is 23.2 Å². The van der Waals surface area contributed by atoms with Crippen LogP contribution in [0.2, 0.25) is 0 Å². The van der Waals surface area contributed by atoms with Gasteiger partial charge >= 0.3 is 5.97 Å². The van der Waals surface area contributed by atoms with Crippen LogP contribution >= 0.6 is 0 Å². The predicted octanol–water partition coefficient (Wildman–Crippen LogP) is 4.13. The van der Waals surface area contributed by atoms with Crippen molar-refractivity contribution in [2.45, 2.75) is 51.6 Å². The zero-order chi connectivity index (χ0) is 18.1. The Hall–Kier alpha value is -1.61. The summed E-state index contributed by atoms with van der Waals surface area (Å²) in [7, 11) is 0. The van der Waals surface area contributed by atoms with Crippen molar-refractivity contribution in [1.82, 2.24) is 5.32 Å². The van der Waals surface area contributed by atoms with Crippen LogP contribution in [-0.4, -0.2) is 25.2 Å². The number of carbonyl (C=O) groups is 1. The number of carbonyl (C=O) groups excluding carboxylic acids is 1. The molecule has 2 saturated carbocycles. The van der Waals surface area contributed by atoms with E-state index < -0.39 is 0 Å². The fraction of sp³-hybridized carbons (Fsp3) is 0.609. The fourth-order valence-electron chi connectivity index (χ4n) is 5.62. The molecule has 0 unspecified atom stereocenters. The molecule has 3 heteroatoms. The van der Waals surface area contributed by atoms with Gasteiger partial charge in [0, 0.05) is 12.5 Å². The molecule has 0 spiro atoms. The highest BCUT2D eigenvalue weighted by molar-refractivity contribution is 5.75. The summed E-state index contributed by atoms with van der Waals surface area (Å²) in [4.78, 5) is 12.5. The van der Waals surface area contributed by atoms with Crippen LogP contribution in [0.15, 0.2) is 42.5 Å². The maximum Gasteiger partial charge on any atom is 0.310 e. The van der Waals surface area contributed by atoms with Gasteiger partial charge < -0.3 is 10.1 Å². The van der Waals surface area contributed by atoms with Gasteiger partial charge in [-0.3, -0.25) is 4.79 Å². The van der Waals surface area contributed by atoms with Gasteiger partial charge in [0.15, 0.2) is 0 Å². The molecule has 140 valence electrons. The van der Waals surface area contributed by atoms with Crippen molar-refractivity contribution in [3.8, 4) is 0 Å². The van der Waals surface area contributed by atoms with Crippen LogP contribution in [0.4, 0.5) is 0 Å². The predicted molar refractivity (Wildman–Crippen MR) is 104 cm³/mol. The Kier molecular flexibility index (Phi) is 4.92. The number of hydrogen-bond acceptors (Lipinski definition) is 3. The van der Waals surface area contributed by atoms with Gasteiger partial charge in [-0.1, -0.05) is 49.4 Å². The molecule has 1 aromatic carbocycles. The Bertz CT molecular complexity index is 670. The molecule has 0 amide bonds. The summed E-state index contributed by atoms with van der Waals surface area (Å²) < 4.78 is 5.83. The zero-order valence-electron chi connectivity index (χ0n) is 15.9. The van der Waals surface area contributed by atoms with Crippen molar-refractivity contribution < 1.29 is 9.53 Å². The normalized spacial score (nSPS) is 36.3. The first-order valence-corrected chi connectivity index (χ1v) is 10.2. The zero-order valence-corrected chi connectivity index (χ0v) is 15.9. The van der Waals surface area contributed by atoms with Crippen LogP contribution in [-0.2, 0) is 16.0 Å². The number of rotatable bonds is 5. The first-order chi connectivity index (χ1) is 12.6. The van der Waals surface area contributed by atoms with Crippen molar-refractivity contribution in [2.75, 3.05) is 13.1 Å². The van der Waals surface area contributed by atoms with Crippen molar-refractivity contribution >= 4 is 5.97 Å². The van der Waals surface area contributed by atoms with Gasteiger partial charge in [0.2, 0.25) is 0 Å². The molecule has 2 aliphatic carbocycles. The average molecular weight is 354 g/mol. The van der Waals surface area contributed by atoms with E-state index in [-0.39, 0.29) is 23.4 Å². The number of hydrogen-bond donors (Lipinski definition) is 1. The Morgan fingerprint density at radius 2 is 2.12 bits per heavy atom. The van der Waals surface area contributed by atoms with E-state index in [2.05, 4.69) is 43.1 Å². The quantitative estimate of drug-likeness (QED) is 0.491. The Morgan fingerprint density at radius 3 is 2.92 bits per heavy atom. The van der Waals surface area contributed by atoms with Gasteiger partial charge in [0.05, 0.1) is 5.92 Å². The highest BCUT2D eigenvalue weighted by atomic mass is 16.6. The smallest absolute Gasteiger partial charge is 0.310 e. The topological polar surface area (TPSA) is 38.3 Å². The molecule has 1 saturated heterocycles. The first-order valence-electron chi connectivity index (χ1n) is 10.2. The molecular weight excluding hydrogens is 322 g/mol. The minimum atomic E-state index is 0.00931.